The molecule has 6 rings (SSSR count). The van der Waals surface area contributed by atoms with E-state index in [-0.39, 0.29) is 54.6 Å². The Morgan fingerprint density at radius 1 is 1.06 bits per heavy atom. The summed E-state index contributed by atoms with van der Waals surface area (Å²) in [7, 11) is 0.483. The third-order valence-electron chi connectivity index (χ3n) is 8.55. The molecule has 0 radical (unpaired) electrons. The van der Waals surface area contributed by atoms with E-state index >= 15 is 0 Å². The van der Waals surface area contributed by atoms with Gasteiger partial charge in [-0.3, -0.25) is 18.7 Å². The molecule has 5 N–H and O–H groups in total. The Morgan fingerprint density at radius 3 is 2.57 bits per heavy atom. The number of nitrogen functional groups attached to an aromatic ring is 1. The van der Waals surface area contributed by atoms with Crippen LogP contribution in [0.4, 0.5) is 11.6 Å². The topological polar surface area (TPSA) is 237 Å². The van der Waals surface area contributed by atoms with Crippen LogP contribution in [0.25, 0.3) is 11.2 Å². The van der Waals surface area contributed by atoms with Crippen molar-refractivity contribution in [1.82, 2.24) is 34.4 Å². The summed E-state index contributed by atoms with van der Waals surface area (Å²) in [6, 6.07) is 0. The van der Waals surface area contributed by atoms with Crippen molar-refractivity contribution < 1.29 is 42.1 Å². The van der Waals surface area contributed by atoms with E-state index in [1.807, 2.05) is 4.57 Å². The van der Waals surface area contributed by atoms with Crippen LogP contribution in [0, 0.1) is 11.3 Å². The van der Waals surface area contributed by atoms with Crippen molar-refractivity contribution in [3.63, 3.8) is 0 Å². The minimum absolute atomic E-state index is 0.0189. The summed E-state index contributed by atoms with van der Waals surface area (Å²) in [6.07, 6.45) is 4.44. The number of nitrogens with two attached hydrogens (primary N) is 2. The van der Waals surface area contributed by atoms with Gasteiger partial charge in [0.2, 0.25) is 7.58 Å². The number of aliphatic imine (C=N–C) groups is 1. The van der Waals surface area contributed by atoms with Gasteiger partial charge in [-0.15, -0.1) is 0 Å². The number of esters is 1. The number of nitrogens with zero attached hydrogens (tertiary/aromatic N) is 7. The molecule has 0 aromatic carbocycles. The number of aldehydes is 1. The largest absolute Gasteiger partial charge is 0.454 e. The molecular formula is C30H44N10O9P2S2. The molecule has 3 fully saturated rings. The maximum atomic E-state index is 12.6. The lowest BCUT2D eigenvalue weighted by Gasteiger charge is -2.29. The molecule has 0 aliphatic carbocycles. The molecule has 0 spiro atoms. The monoisotopic (exact) mass is 814 g/mol. The van der Waals surface area contributed by atoms with Crippen molar-refractivity contribution in [1.29, 1.82) is 0 Å². The van der Waals surface area contributed by atoms with Crippen molar-refractivity contribution in [3.05, 3.63) is 24.7 Å². The van der Waals surface area contributed by atoms with Crippen LogP contribution in [0.1, 0.15) is 56.6 Å². The second kappa shape index (κ2) is 17.8. The van der Waals surface area contributed by atoms with Crippen LogP contribution in [0.2, 0.25) is 0 Å². The number of hydrogen-bond acceptors (Lipinski definition) is 17. The van der Waals surface area contributed by atoms with Gasteiger partial charge in [0.05, 0.1) is 56.8 Å². The number of methoxy groups -OCH3 is 1. The lowest BCUT2D eigenvalue weighted by molar-refractivity contribution is -0.150. The molecule has 19 nitrogen and oxygen atoms in total. The van der Waals surface area contributed by atoms with E-state index in [0.29, 0.717) is 48.2 Å². The summed E-state index contributed by atoms with van der Waals surface area (Å²) in [5, 5.41) is 2.76. The minimum atomic E-state index is -1.70. The Bertz CT molecular complexity index is 1760. The third kappa shape index (κ3) is 9.58. The molecule has 0 saturated carbocycles. The first-order chi connectivity index (χ1) is 25.5. The molecule has 23 heteroatoms. The van der Waals surface area contributed by atoms with Gasteiger partial charge in [0.25, 0.3) is 0 Å². The summed E-state index contributed by atoms with van der Waals surface area (Å²) >= 11 is 2.86. The summed E-state index contributed by atoms with van der Waals surface area (Å²) in [6.45, 7) is 5.78. The molecule has 0 amide bonds. The van der Waals surface area contributed by atoms with Crippen LogP contribution >= 0.6 is 37.7 Å². The maximum absolute atomic E-state index is 12.6. The van der Waals surface area contributed by atoms with Crippen molar-refractivity contribution in [2.75, 3.05) is 51.1 Å². The molecule has 0 bridgehead atoms. The lowest BCUT2D eigenvalue weighted by atomic mass is 9.98. The van der Waals surface area contributed by atoms with Gasteiger partial charge in [-0.25, -0.2) is 19.9 Å². The highest BCUT2D eigenvalue weighted by atomic mass is 32.7. The number of guanidine groups is 1. The van der Waals surface area contributed by atoms with Crippen LogP contribution in [-0.4, -0.2) is 111 Å². The number of ether oxygens (including phenoxy) is 4. The fourth-order valence-corrected chi connectivity index (χ4v) is 11.8. The van der Waals surface area contributed by atoms with E-state index in [9.17, 15) is 9.59 Å². The molecular weight excluding hydrogens is 770 g/mol. The first-order valence-corrected chi connectivity index (χ1v) is 22.5. The Labute approximate surface area is 316 Å². The zero-order chi connectivity index (χ0) is 37.7. The molecule has 53 heavy (non-hydrogen) atoms. The molecule has 3 aliphatic heterocycles. The summed E-state index contributed by atoms with van der Waals surface area (Å²) < 4.78 is 47.6. The quantitative estimate of drug-likeness (QED) is 0.0653. The van der Waals surface area contributed by atoms with Gasteiger partial charge < -0.3 is 49.3 Å². The van der Waals surface area contributed by atoms with E-state index in [0.717, 1.165) is 0 Å². The highest BCUT2D eigenvalue weighted by molar-refractivity contribution is 8.54. The molecule has 6 heterocycles. The van der Waals surface area contributed by atoms with E-state index in [2.05, 4.69) is 30.2 Å². The summed E-state index contributed by atoms with van der Waals surface area (Å²) in [5.74, 6) is 0.774. The minimum Gasteiger partial charge on any atom is -0.454 e. The van der Waals surface area contributed by atoms with Crippen LogP contribution in [0.15, 0.2) is 24.0 Å². The number of carbonyl (C=O) groups is 2. The number of carbonyl (C=O) groups excluding carboxylic acids is 2. The van der Waals surface area contributed by atoms with E-state index in [1.165, 1.54) is 24.0 Å². The zero-order valence-corrected chi connectivity index (χ0v) is 33.3. The average Bonchev–Trinajstić information content (AvgIpc) is 3.92. The fraction of sp³-hybridized carbons (Fsp3) is 0.633. The first-order valence-electron chi connectivity index (χ1n) is 16.7. The van der Waals surface area contributed by atoms with Gasteiger partial charge in [0.15, 0.2) is 29.5 Å². The average molecular weight is 815 g/mol. The standard InChI is InChI=1S/C30H44N10O9P2S2/c1-30(2,3)28(42)44-16-53-51-46-9-20-17(6-22(47-20)40-14-37-24-25(31)34-12-35-27(24)40)11-50(52-15-43-5)45-10-21-19(49-51)7-23(48-21)39-13-36-18(8-41)26(39)38-29(32)33-4/h8,12-14,17,19-23H,6-7,9-11,15-16H2,1-5H3,(H2,31,34,35)(H3,32,33,38)/t17-,19+,20?,21?,22?,23?,50?,51?/m1/s1. The number of aromatic nitrogens is 6. The SMILES string of the molecule is CN/C(N)=N\c1c(C=O)ncn1C1C[C@@H]2OP(SCOC(=O)C(C)(C)C)OCC3OC(n4cnc5c(N)ncnc54)C[C@@H]3CP(SCOC)OCC2O1. The number of nitrogens with one attached hydrogen (secondary N) is 1. The van der Waals surface area contributed by atoms with Gasteiger partial charge in [0.1, 0.15) is 42.0 Å². The molecule has 8 atom stereocenters. The van der Waals surface area contributed by atoms with Crippen molar-refractivity contribution in [2.45, 2.75) is 64.4 Å². The molecule has 6 unspecified atom stereocenters. The van der Waals surface area contributed by atoms with Gasteiger partial charge in [-0.05, 0) is 44.5 Å². The number of imidazole rings is 2. The van der Waals surface area contributed by atoms with Crippen molar-refractivity contribution in [2.24, 2.45) is 22.1 Å². The number of anilines is 1. The number of rotatable bonds is 10. The van der Waals surface area contributed by atoms with Crippen LogP contribution in [0.5, 0.6) is 0 Å². The Balaban J connectivity index is 1.26. The molecule has 3 saturated heterocycles. The zero-order valence-electron chi connectivity index (χ0n) is 29.9. The number of hydrogen-bond donors (Lipinski definition) is 3. The number of fused-ring (bicyclic) bond motifs is 3. The normalized spacial score (nSPS) is 28.5. The van der Waals surface area contributed by atoms with Gasteiger partial charge in [-0.1, -0.05) is 11.4 Å². The van der Waals surface area contributed by atoms with Crippen LogP contribution in [0.3, 0.4) is 0 Å². The molecule has 3 aromatic heterocycles. The van der Waals surface area contributed by atoms with Gasteiger partial charge in [0, 0.05) is 26.7 Å². The smallest absolute Gasteiger partial charge is 0.312 e. The molecule has 3 aliphatic rings. The van der Waals surface area contributed by atoms with Crippen LogP contribution < -0.4 is 16.8 Å². The third-order valence-corrected chi connectivity index (χ3v) is 15.1. The first kappa shape index (κ1) is 40.0. The fourth-order valence-electron chi connectivity index (χ4n) is 5.77. The Morgan fingerprint density at radius 2 is 1.81 bits per heavy atom. The van der Waals surface area contributed by atoms with Crippen LogP contribution in [-0.2, 0) is 37.3 Å². The molecule has 3 aromatic rings. The Hall–Kier alpha value is -2.71. The summed E-state index contributed by atoms with van der Waals surface area (Å²) in [4.78, 5) is 46.0. The maximum Gasteiger partial charge on any atom is 0.312 e. The second-order valence-electron chi connectivity index (χ2n) is 13.2. The van der Waals surface area contributed by atoms with Crippen molar-refractivity contribution >= 4 is 78.7 Å². The second-order valence-corrected chi connectivity index (χ2v) is 20.1. The van der Waals surface area contributed by atoms with E-state index < -0.39 is 45.0 Å². The summed E-state index contributed by atoms with van der Waals surface area (Å²) in [5.41, 5.74) is 12.5. The predicted molar refractivity (Wildman–Crippen MR) is 201 cm³/mol. The van der Waals surface area contributed by atoms with Gasteiger partial charge in [-0.2, -0.15) is 4.99 Å². The lowest BCUT2D eigenvalue weighted by Crippen LogP contribution is -2.30. The van der Waals surface area contributed by atoms with E-state index in [1.54, 1.807) is 57.2 Å². The predicted octanol–water partition coefficient (Wildman–Crippen LogP) is 4.06. The highest BCUT2D eigenvalue weighted by Crippen LogP contribution is 2.59. The Kier molecular flexibility index (Phi) is 13.4. The van der Waals surface area contributed by atoms with Gasteiger partial charge >= 0.3 is 5.97 Å². The van der Waals surface area contributed by atoms with E-state index in [4.69, 9.17) is 44.0 Å². The molecule has 290 valence electrons. The van der Waals surface area contributed by atoms with Crippen molar-refractivity contribution in [3.8, 4) is 0 Å². The highest BCUT2D eigenvalue weighted by Gasteiger charge is 2.44.